The van der Waals surface area contributed by atoms with Crippen LogP contribution in [0, 0.1) is 11.6 Å². The number of ether oxygens (including phenoxy) is 2. The molecular formula is C25H29F2N5O3. The van der Waals surface area contributed by atoms with E-state index in [2.05, 4.69) is 15.3 Å². The molecule has 0 spiro atoms. The molecule has 1 aromatic carbocycles. The number of carbonyl (C=O) groups is 1. The maximum absolute atomic E-state index is 14.9. The van der Waals surface area contributed by atoms with E-state index in [9.17, 15) is 13.6 Å². The maximum atomic E-state index is 14.9. The van der Waals surface area contributed by atoms with E-state index in [4.69, 9.17) is 15.2 Å². The minimum Gasteiger partial charge on any atom is -0.489 e. The molecule has 0 bridgehead atoms. The summed E-state index contributed by atoms with van der Waals surface area (Å²) < 4.78 is 41.6. The van der Waals surface area contributed by atoms with Crippen LogP contribution in [0.3, 0.4) is 0 Å². The van der Waals surface area contributed by atoms with Crippen molar-refractivity contribution < 1.29 is 23.0 Å². The third-order valence-corrected chi connectivity index (χ3v) is 5.49. The van der Waals surface area contributed by atoms with Crippen molar-refractivity contribution in [3.63, 3.8) is 0 Å². The normalized spacial score (nSPS) is 12.6. The van der Waals surface area contributed by atoms with Crippen LogP contribution >= 0.6 is 0 Å². The third kappa shape index (κ3) is 5.65. The number of rotatable bonds is 10. The molecule has 3 rings (SSSR count). The van der Waals surface area contributed by atoms with Gasteiger partial charge in [0.25, 0.3) is 0 Å². The lowest BCUT2D eigenvalue weighted by Gasteiger charge is -2.16. The van der Waals surface area contributed by atoms with Crippen LogP contribution in [-0.4, -0.2) is 48.4 Å². The number of carbonyl (C=O) groups excluding carboxylic acids is 1. The van der Waals surface area contributed by atoms with Crippen LogP contribution in [0.2, 0.25) is 0 Å². The molecule has 3 N–H and O–H groups in total. The van der Waals surface area contributed by atoms with Crippen LogP contribution < -0.4 is 15.8 Å². The molecule has 0 amide bonds. The summed E-state index contributed by atoms with van der Waals surface area (Å²) in [5.41, 5.74) is 9.45. The van der Waals surface area contributed by atoms with Crippen molar-refractivity contribution in [2.75, 3.05) is 27.3 Å². The number of aliphatic imine (C=N–C) groups is 1. The fourth-order valence-corrected chi connectivity index (χ4v) is 3.64. The van der Waals surface area contributed by atoms with Gasteiger partial charge in [-0.15, -0.1) is 0 Å². The Balaban J connectivity index is 1.94. The number of fused-ring (bicyclic) bond motifs is 1. The second kappa shape index (κ2) is 11.6. The summed E-state index contributed by atoms with van der Waals surface area (Å²) in [7, 11) is 3.39. The third-order valence-electron chi connectivity index (χ3n) is 5.49. The molecule has 0 aliphatic heterocycles. The summed E-state index contributed by atoms with van der Waals surface area (Å²) in [6.07, 6.45) is 3.68. The first-order valence-electron chi connectivity index (χ1n) is 11.1. The topological polar surface area (TPSA) is 103 Å². The Labute approximate surface area is 202 Å². The molecule has 10 heteroatoms. The molecule has 35 heavy (non-hydrogen) atoms. The van der Waals surface area contributed by atoms with E-state index in [-0.39, 0.29) is 31.1 Å². The average Bonchev–Trinajstić information content (AvgIpc) is 3.26. The van der Waals surface area contributed by atoms with E-state index < -0.39 is 17.6 Å². The van der Waals surface area contributed by atoms with E-state index in [0.717, 1.165) is 17.4 Å². The molecule has 0 atom stereocenters. The van der Waals surface area contributed by atoms with E-state index >= 15 is 0 Å². The quantitative estimate of drug-likeness (QED) is 0.258. The molecule has 0 saturated heterocycles. The highest BCUT2D eigenvalue weighted by atomic mass is 19.2. The van der Waals surface area contributed by atoms with Gasteiger partial charge in [-0.3, -0.25) is 4.99 Å². The van der Waals surface area contributed by atoms with Gasteiger partial charge in [-0.2, -0.15) is 4.39 Å². The van der Waals surface area contributed by atoms with Gasteiger partial charge in [-0.1, -0.05) is 0 Å². The number of imidazole rings is 1. The number of nitrogens with one attached hydrogen (secondary N) is 1. The fraction of sp³-hybridized carbons (Fsp3) is 0.320. The zero-order chi connectivity index (χ0) is 25.5. The lowest BCUT2D eigenvalue weighted by atomic mass is 10.0. The van der Waals surface area contributed by atoms with E-state index in [1.165, 1.54) is 6.07 Å². The number of pyridine rings is 1. The van der Waals surface area contributed by atoms with E-state index in [0.29, 0.717) is 29.0 Å². The van der Waals surface area contributed by atoms with Crippen LogP contribution in [0.15, 0.2) is 52.9 Å². The van der Waals surface area contributed by atoms with Crippen molar-refractivity contribution in [3.05, 3.63) is 65.3 Å². The molecule has 3 aromatic rings. The second-order valence-electron chi connectivity index (χ2n) is 7.68. The van der Waals surface area contributed by atoms with Crippen molar-refractivity contribution in [2.24, 2.45) is 10.7 Å². The summed E-state index contributed by atoms with van der Waals surface area (Å²) in [6, 6.07) is 6.08. The predicted molar refractivity (Wildman–Crippen MR) is 130 cm³/mol. The summed E-state index contributed by atoms with van der Waals surface area (Å²) in [4.78, 5) is 20.6. The molecule has 0 saturated carbocycles. The number of nitrogens with zero attached hydrogens (tertiary/aromatic N) is 3. The zero-order valence-electron chi connectivity index (χ0n) is 20.2. The molecular weight excluding hydrogens is 456 g/mol. The van der Waals surface area contributed by atoms with Gasteiger partial charge < -0.3 is 24.9 Å². The zero-order valence-corrected chi connectivity index (χ0v) is 20.2. The minimum absolute atomic E-state index is 0.0754. The summed E-state index contributed by atoms with van der Waals surface area (Å²) in [6.45, 7) is 4.04. The number of hydrogen-bond acceptors (Lipinski definition) is 7. The van der Waals surface area contributed by atoms with Crippen LogP contribution in [0.1, 0.15) is 26.0 Å². The lowest BCUT2D eigenvalue weighted by Crippen LogP contribution is -2.21. The standard InChI is InChI=1S/C25H29F2N5O3/c1-5-34-25(33)23(28)18(15(2)30-4)10-11-35-24-19(7-8-20(26)22(24)27)16-6-9-21-31-13-17(12-29-3)32(21)14-16/h6-9,13-14,29H,5,10-12,28H2,1-4H3/b23-18-,30-15?. The van der Waals surface area contributed by atoms with Crippen LogP contribution in [-0.2, 0) is 16.1 Å². The monoisotopic (exact) mass is 485 g/mol. The Kier molecular flexibility index (Phi) is 8.53. The van der Waals surface area contributed by atoms with Crippen LogP contribution in [0.5, 0.6) is 5.75 Å². The molecule has 0 unspecified atom stereocenters. The van der Waals surface area contributed by atoms with Gasteiger partial charge in [0.15, 0.2) is 11.6 Å². The fourth-order valence-electron chi connectivity index (χ4n) is 3.64. The van der Waals surface area contributed by atoms with Gasteiger partial charge >= 0.3 is 5.97 Å². The van der Waals surface area contributed by atoms with E-state index in [1.54, 1.807) is 45.4 Å². The molecule has 0 radical (unpaired) electrons. The van der Waals surface area contributed by atoms with Crippen molar-refractivity contribution in [1.82, 2.24) is 14.7 Å². The van der Waals surface area contributed by atoms with Crippen LogP contribution in [0.4, 0.5) is 8.78 Å². The Bertz CT molecular complexity index is 1280. The first-order chi connectivity index (χ1) is 16.8. The SMILES string of the molecule is CCOC(=O)/C(N)=C(\CCOc1c(-c2ccc3ncc(CNC)n3c2)ccc(F)c1F)C(C)=NC. The molecule has 2 aromatic heterocycles. The van der Waals surface area contributed by atoms with Gasteiger partial charge in [-0.25, -0.2) is 14.2 Å². The van der Waals surface area contributed by atoms with Crippen molar-refractivity contribution in [3.8, 4) is 16.9 Å². The van der Waals surface area contributed by atoms with Gasteiger partial charge in [0, 0.05) is 48.6 Å². The smallest absolute Gasteiger partial charge is 0.354 e. The second-order valence-corrected chi connectivity index (χ2v) is 7.68. The summed E-state index contributed by atoms with van der Waals surface area (Å²) in [5.74, 6) is -3.04. The Morgan fingerprint density at radius 2 is 2.03 bits per heavy atom. The summed E-state index contributed by atoms with van der Waals surface area (Å²) >= 11 is 0. The van der Waals surface area contributed by atoms with Gasteiger partial charge in [0.1, 0.15) is 11.3 Å². The van der Waals surface area contributed by atoms with Gasteiger partial charge in [0.2, 0.25) is 5.82 Å². The van der Waals surface area contributed by atoms with Crippen molar-refractivity contribution >= 4 is 17.3 Å². The van der Waals surface area contributed by atoms with Gasteiger partial charge in [-0.05, 0) is 45.2 Å². The predicted octanol–water partition coefficient (Wildman–Crippen LogP) is 3.63. The van der Waals surface area contributed by atoms with Crippen molar-refractivity contribution in [1.29, 1.82) is 0 Å². The summed E-state index contributed by atoms with van der Waals surface area (Å²) in [5, 5.41) is 3.07. The number of halogens is 2. The average molecular weight is 486 g/mol. The molecule has 0 aliphatic carbocycles. The highest BCUT2D eigenvalue weighted by molar-refractivity contribution is 6.05. The molecule has 2 heterocycles. The lowest BCUT2D eigenvalue weighted by molar-refractivity contribution is -0.138. The molecule has 0 aliphatic rings. The number of nitrogens with two attached hydrogens (primary N) is 1. The number of aromatic nitrogens is 2. The Morgan fingerprint density at radius 3 is 2.71 bits per heavy atom. The molecule has 0 fully saturated rings. The maximum Gasteiger partial charge on any atom is 0.354 e. The first kappa shape index (κ1) is 25.8. The van der Waals surface area contributed by atoms with Crippen molar-refractivity contribution in [2.45, 2.75) is 26.8 Å². The first-order valence-corrected chi connectivity index (χ1v) is 11.1. The largest absolute Gasteiger partial charge is 0.489 e. The highest BCUT2D eigenvalue weighted by Crippen LogP contribution is 2.34. The van der Waals surface area contributed by atoms with Gasteiger partial charge in [0.05, 0.1) is 25.1 Å². The Morgan fingerprint density at radius 1 is 1.26 bits per heavy atom. The highest BCUT2D eigenvalue weighted by Gasteiger charge is 2.20. The number of benzene rings is 1. The molecule has 186 valence electrons. The number of esters is 1. The Hall–Kier alpha value is -3.79. The van der Waals surface area contributed by atoms with E-state index in [1.807, 2.05) is 11.4 Å². The number of hydrogen-bond donors (Lipinski definition) is 2. The van der Waals surface area contributed by atoms with Crippen LogP contribution in [0.25, 0.3) is 16.8 Å². The molecule has 8 nitrogen and oxygen atoms in total. The minimum atomic E-state index is -1.10.